The maximum absolute atomic E-state index is 13.7. The summed E-state index contributed by atoms with van der Waals surface area (Å²) in [7, 11) is 1.90. The van der Waals surface area contributed by atoms with Crippen LogP contribution in [0.1, 0.15) is 51.8 Å². The van der Waals surface area contributed by atoms with Crippen LogP contribution >= 0.6 is 0 Å². The number of H-pyrrole nitrogens is 1. The minimum Gasteiger partial charge on any atom is -0.485 e. The van der Waals surface area contributed by atoms with Gasteiger partial charge in [0.15, 0.2) is 22.8 Å². The van der Waals surface area contributed by atoms with Crippen LogP contribution in [0.2, 0.25) is 0 Å². The van der Waals surface area contributed by atoms with E-state index >= 15 is 0 Å². The van der Waals surface area contributed by atoms with Crippen molar-refractivity contribution in [2.24, 2.45) is 5.92 Å². The number of rotatable bonds is 0. The van der Waals surface area contributed by atoms with Crippen molar-refractivity contribution in [3.05, 3.63) is 23.4 Å². The number of piperazine rings is 1. The van der Waals surface area contributed by atoms with E-state index in [9.17, 15) is 14.7 Å². The molecule has 0 saturated carbocycles. The molecule has 2 aromatic rings. The summed E-state index contributed by atoms with van der Waals surface area (Å²) in [5, 5.41) is 11.6. The lowest BCUT2D eigenvalue weighted by molar-refractivity contribution is -0.191. The average Bonchev–Trinajstić information content (AvgIpc) is 3.30. The summed E-state index contributed by atoms with van der Waals surface area (Å²) < 4.78 is 12.3. The Balaban J connectivity index is 1.43. The Bertz CT molecular complexity index is 1330. The number of ketones is 1. The maximum atomic E-state index is 13.7. The Morgan fingerprint density at radius 1 is 1.17 bits per heavy atom. The minimum atomic E-state index is -0.988. The van der Waals surface area contributed by atoms with Gasteiger partial charge >= 0.3 is 0 Å². The van der Waals surface area contributed by atoms with Crippen LogP contribution in [-0.4, -0.2) is 81.1 Å². The van der Waals surface area contributed by atoms with Crippen molar-refractivity contribution in [2.45, 2.75) is 75.2 Å². The summed E-state index contributed by atoms with van der Waals surface area (Å²) in [6, 6.07) is 4.01. The molecule has 1 aromatic heterocycles. The number of aliphatic hydroxyl groups excluding tert-OH is 1. The molecule has 35 heavy (non-hydrogen) atoms. The summed E-state index contributed by atoms with van der Waals surface area (Å²) in [5.74, 6) is 1.44. The number of ether oxygens (including phenoxy) is 2. The number of aromatic nitrogens is 1. The van der Waals surface area contributed by atoms with Crippen LogP contribution in [0.3, 0.4) is 0 Å². The van der Waals surface area contributed by atoms with Crippen LogP contribution < -0.4 is 9.47 Å². The molecule has 4 saturated heterocycles. The van der Waals surface area contributed by atoms with Crippen molar-refractivity contribution in [1.82, 2.24) is 14.8 Å². The molecule has 8 rings (SSSR count). The Morgan fingerprint density at radius 2 is 1.94 bits per heavy atom. The van der Waals surface area contributed by atoms with Crippen molar-refractivity contribution < 1.29 is 24.2 Å². The first-order valence-electron chi connectivity index (χ1n) is 12.7. The Hall–Kier alpha value is -2.58. The van der Waals surface area contributed by atoms with Crippen LogP contribution in [0.5, 0.6) is 11.5 Å². The summed E-state index contributed by atoms with van der Waals surface area (Å²) in [4.78, 5) is 34.6. The molecular formula is C27H33N3O5. The predicted octanol–water partition coefficient (Wildman–Crippen LogP) is 2.16. The molecule has 2 N–H and O–H groups in total. The number of piperidine rings is 2. The average molecular weight is 480 g/mol. The second kappa shape index (κ2) is 6.21. The number of hydrogen-bond acceptors (Lipinski definition) is 6. The second-order valence-corrected chi connectivity index (χ2v) is 12.4. The molecule has 1 amide bonds. The molecule has 2 bridgehead atoms. The van der Waals surface area contributed by atoms with Crippen molar-refractivity contribution in [2.75, 3.05) is 26.7 Å². The molecule has 186 valence electrons. The summed E-state index contributed by atoms with van der Waals surface area (Å²) in [6.07, 6.45) is 1.01. The van der Waals surface area contributed by atoms with Gasteiger partial charge in [-0.1, -0.05) is 13.8 Å². The number of nitrogens with zero attached hydrogens (tertiary/aromatic N) is 2. The molecule has 4 atom stereocenters. The molecule has 2 spiro atoms. The van der Waals surface area contributed by atoms with Gasteiger partial charge < -0.3 is 24.5 Å². The van der Waals surface area contributed by atoms with Crippen LogP contribution in [0, 0.1) is 5.92 Å². The minimum absolute atomic E-state index is 0.0246. The molecule has 8 heteroatoms. The molecule has 1 aromatic carbocycles. The summed E-state index contributed by atoms with van der Waals surface area (Å²) >= 11 is 0. The largest absolute Gasteiger partial charge is 0.485 e. The number of aliphatic hydroxyl groups is 1. The number of likely N-dealkylation sites (N-methyl/N-ethyl adjacent to an activating group) is 1. The van der Waals surface area contributed by atoms with Gasteiger partial charge in [0.05, 0.1) is 11.1 Å². The monoisotopic (exact) mass is 479 g/mol. The lowest BCUT2D eigenvalue weighted by Crippen LogP contribution is -2.83. The highest BCUT2D eigenvalue weighted by Crippen LogP contribution is 2.61. The lowest BCUT2D eigenvalue weighted by Gasteiger charge is -2.68. The molecule has 8 nitrogen and oxygen atoms in total. The fourth-order valence-corrected chi connectivity index (χ4v) is 8.01. The highest BCUT2D eigenvalue weighted by molar-refractivity contribution is 6.13. The molecular weight excluding hydrogens is 446 g/mol. The molecule has 1 aliphatic carbocycles. The normalized spacial score (nSPS) is 36.7. The second-order valence-electron chi connectivity index (χ2n) is 12.4. The third-order valence-electron chi connectivity index (χ3n) is 10.1. The van der Waals surface area contributed by atoms with E-state index in [2.05, 4.69) is 29.8 Å². The molecule has 1 unspecified atom stereocenters. The van der Waals surface area contributed by atoms with E-state index in [1.807, 2.05) is 31.9 Å². The third-order valence-corrected chi connectivity index (χ3v) is 10.1. The van der Waals surface area contributed by atoms with Gasteiger partial charge in [-0.15, -0.1) is 0 Å². The quantitative estimate of drug-likeness (QED) is 0.563. The fraction of sp³-hybridized carbons (Fsp3) is 0.630. The SMILES string of the molecule is CN1C(=O)[C@]23C[C@H]4C(C)(C)c5[nH]c6c7c(ccc6c5C[C@@]41CN2CCC3=O)OC(C)(C)C(O)CO7. The third kappa shape index (κ3) is 2.31. The molecule has 6 aliphatic rings. The van der Waals surface area contributed by atoms with Crippen molar-refractivity contribution in [3.8, 4) is 11.5 Å². The summed E-state index contributed by atoms with van der Waals surface area (Å²) in [6.45, 7) is 9.77. The molecule has 4 fully saturated rings. The number of carbonyl (C=O) groups excluding carboxylic acids is 2. The maximum Gasteiger partial charge on any atom is 0.251 e. The van der Waals surface area contributed by atoms with Crippen LogP contribution in [0.25, 0.3) is 10.9 Å². The highest BCUT2D eigenvalue weighted by Gasteiger charge is 2.73. The first kappa shape index (κ1) is 21.7. The van der Waals surface area contributed by atoms with Gasteiger partial charge in [-0.05, 0) is 50.3 Å². The number of hydrogen-bond donors (Lipinski definition) is 2. The van der Waals surface area contributed by atoms with Gasteiger partial charge in [0, 0.05) is 43.1 Å². The van der Waals surface area contributed by atoms with Gasteiger partial charge in [-0.25, -0.2) is 0 Å². The van der Waals surface area contributed by atoms with Crippen LogP contribution in [0.15, 0.2) is 12.1 Å². The fourth-order valence-electron chi connectivity index (χ4n) is 8.01. The highest BCUT2D eigenvalue weighted by atomic mass is 16.6. The van der Waals surface area contributed by atoms with E-state index in [4.69, 9.17) is 9.47 Å². The van der Waals surface area contributed by atoms with Gasteiger partial charge in [-0.3, -0.25) is 14.5 Å². The number of Topliss-reactive ketones (excluding diaryl/α,β-unsaturated/α-hetero) is 1. The Kier molecular flexibility index (Phi) is 3.85. The summed E-state index contributed by atoms with van der Waals surface area (Å²) in [5.41, 5.74) is 0.815. The number of benzene rings is 1. The number of carbonyl (C=O) groups is 2. The van der Waals surface area contributed by atoms with Crippen molar-refractivity contribution >= 4 is 22.6 Å². The standard InChI is InChI=1S/C27H33N3O5/c1-24(2)17-11-27-18(31)8-9-30(27)13-26(17,29(5)23(27)33)10-15-14-6-7-16-21(20(14)28-22(15)24)34-12-19(32)25(3,4)35-16/h6-7,17,19,28,32H,8-13H2,1-5H3/t17-,19?,26+,27+/m0/s1. The van der Waals surface area contributed by atoms with Crippen molar-refractivity contribution in [1.29, 1.82) is 0 Å². The van der Waals surface area contributed by atoms with E-state index < -0.39 is 17.2 Å². The van der Waals surface area contributed by atoms with Crippen molar-refractivity contribution in [3.63, 3.8) is 0 Å². The van der Waals surface area contributed by atoms with Gasteiger partial charge in [0.1, 0.15) is 18.3 Å². The van der Waals surface area contributed by atoms with E-state index in [1.54, 1.807) is 0 Å². The lowest BCUT2D eigenvalue weighted by atomic mass is 9.51. The van der Waals surface area contributed by atoms with E-state index in [0.29, 0.717) is 30.9 Å². The number of amides is 1. The molecule has 6 heterocycles. The molecule has 0 radical (unpaired) electrons. The number of fused-ring (bicyclic) bond motifs is 6. The zero-order valence-corrected chi connectivity index (χ0v) is 21.0. The molecule has 5 aliphatic heterocycles. The smallest absolute Gasteiger partial charge is 0.251 e. The van der Waals surface area contributed by atoms with Crippen LogP contribution in [-0.2, 0) is 21.4 Å². The van der Waals surface area contributed by atoms with Gasteiger partial charge in [0.25, 0.3) is 5.91 Å². The first-order valence-corrected chi connectivity index (χ1v) is 12.7. The Labute approximate surface area is 204 Å². The van der Waals surface area contributed by atoms with E-state index in [1.165, 1.54) is 5.56 Å². The zero-order chi connectivity index (χ0) is 24.7. The van der Waals surface area contributed by atoms with E-state index in [0.717, 1.165) is 29.6 Å². The van der Waals surface area contributed by atoms with Crippen LogP contribution in [0.4, 0.5) is 0 Å². The Morgan fingerprint density at radius 3 is 2.71 bits per heavy atom. The van der Waals surface area contributed by atoms with E-state index in [-0.39, 0.29) is 35.2 Å². The number of aromatic amines is 1. The van der Waals surface area contributed by atoms with Gasteiger partial charge in [0.2, 0.25) is 0 Å². The topological polar surface area (TPSA) is 95.1 Å². The first-order chi connectivity index (χ1) is 16.4. The predicted molar refractivity (Wildman–Crippen MR) is 129 cm³/mol. The zero-order valence-electron chi connectivity index (χ0n) is 21.0. The number of nitrogens with one attached hydrogen (secondary N) is 1. The van der Waals surface area contributed by atoms with Gasteiger partial charge in [-0.2, -0.15) is 0 Å².